The second kappa shape index (κ2) is 5.85. The van der Waals surface area contributed by atoms with Crippen molar-refractivity contribution in [3.05, 3.63) is 19.8 Å². The van der Waals surface area contributed by atoms with E-state index in [0.717, 1.165) is 21.3 Å². The molecule has 1 saturated carbocycles. The molecule has 1 fully saturated rings. The molecule has 0 spiro atoms. The number of nitrogens with one attached hydrogen (secondary N) is 1. The van der Waals surface area contributed by atoms with Crippen LogP contribution in [0.1, 0.15) is 37.5 Å². The minimum atomic E-state index is 0.688. The minimum Gasteiger partial charge on any atom is -0.309 e. The van der Waals surface area contributed by atoms with Gasteiger partial charge in [0.25, 0.3) is 0 Å². The van der Waals surface area contributed by atoms with Gasteiger partial charge >= 0.3 is 0 Å². The van der Waals surface area contributed by atoms with Gasteiger partial charge < -0.3 is 5.32 Å². The van der Waals surface area contributed by atoms with Crippen LogP contribution < -0.4 is 5.32 Å². The van der Waals surface area contributed by atoms with Gasteiger partial charge in [0.05, 0.1) is 0 Å². The molecule has 16 heavy (non-hydrogen) atoms. The lowest BCUT2D eigenvalue weighted by Crippen LogP contribution is -2.36. The molecule has 2 atom stereocenters. The molecule has 0 saturated heterocycles. The Kier molecular flexibility index (Phi) is 4.71. The smallest absolute Gasteiger partial charge is 0.107 e. The number of hydrogen-bond donors (Lipinski definition) is 1. The van der Waals surface area contributed by atoms with Crippen LogP contribution in [0.4, 0.5) is 0 Å². The van der Waals surface area contributed by atoms with E-state index in [1.54, 1.807) is 11.3 Å². The Morgan fingerprint density at radius 1 is 1.50 bits per heavy atom. The summed E-state index contributed by atoms with van der Waals surface area (Å²) in [7, 11) is 0. The molecule has 2 unspecified atom stereocenters. The van der Waals surface area contributed by atoms with Crippen LogP contribution >= 0.6 is 38.9 Å². The van der Waals surface area contributed by atoms with Gasteiger partial charge in [0.15, 0.2) is 0 Å². The molecule has 1 aliphatic rings. The van der Waals surface area contributed by atoms with Crippen LogP contribution in [0.5, 0.6) is 0 Å². The molecule has 1 N–H and O–H groups in total. The summed E-state index contributed by atoms with van der Waals surface area (Å²) in [6, 6.07) is 2.81. The molecule has 1 nitrogen and oxygen atoms in total. The Morgan fingerprint density at radius 3 is 2.88 bits per heavy atom. The maximum atomic E-state index is 6.02. The zero-order valence-electron chi connectivity index (χ0n) is 9.43. The van der Waals surface area contributed by atoms with Gasteiger partial charge in [-0.2, -0.15) is 0 Å². The maximum absolute atomic E-state index is 6.02. The third kappa shape index (κ3) is 3.22. The Balaban J connectivity index is 1.86. The van der Waals surface area contributed by atoms with Crippen LogP contribution in [0, 0.1) is 5.92 Å². The molecule has 0 aliphatic heterocycles. The van der Waals surface area contributed by atoms with E-state index >= 15 is 0 Å². The molecule has 0 aromatic carbocycles. The summed E-state index contributed by atoms with van der Waals surface area (Å²) in [6.07, 6.45) is 5.46. The van der Waals surface area contributed by atoms with E-state index in [1.165, 1.54) is 30.6 Å². The van der Waals surface area contributed by atoms with Crippen molar-refractivity contribution in [1.29, 1.82) is 0 Å². The first-order valence-corrected chi connectivity index (χ1v) is 7.82. The lowest BCUT2D eigenvalue weighted by molar-refractivity contribution is 0.280. The number of halogens is 2. The zero-order valence-corrected chi connectivity index (χ0v) is 12.6. The third-order valence-corrected chi connectivity index (χ3v) is 5.82. The summed E-state index contributed by atoms with van der Waals surface area (Å²) in [4.78, 5) is 1.31. The Bertz CT molecular complexity index is 333. The van der Waals surface area contributed by atoms with Crippen molar-refractivity contribution in [1.82, 2.24) is 5.32 Å². The van der Waals surface area contributed by atoms with E-state index in [1.807, 2.05) is 0 Å². The van der Waals surface area contributed by atoms with Gasteiger partial charge in [-0.3, -0.25) is 0 Å². The first kappa shape index (κ1) is 12.9. The summed E-state index contributed by atoms with van der Waals surface area (Å²) in [6.45, 7) is 3.30. The molecule has 1 heterocycles. The predicted molar refractivity (Wildman–Crippen MR) is 75.3 cm³/mol. The number of hydrogen-bond acceptors (Lipinski definition) is 2. The summed E-state index contributed by atoms with van der Waals surface area (Å²) in [5, 5.41) is 3.66. The van der Waals surface area contributed by atoms with Crippen LogP contribution in [0.15, 0.2) is 10.5 Å². The third-order valence-electron chi connectivity index (χ3n) is 3.35. The highest BCUT2D eigenvalue weighted by atomic mass is 79.9. The van der Waals surface area contributed by atoms with Crippen molar-refractivity contribution in [3.8, 4) is 0 Å². The Morgan fingerprint density at radius 2 is 2.25 bits per heavy atom. The molecule has 0 bridgehead atoms. The lowest BCUT2D eigenvalue weighted by atomic mass is 9.86. The fourth-order valence-corrected chi connectivity index (χ4v) is 4.07. The van der Waals surface area contributed by atoms with Crippen molar-refractivity contribution in [2.24, 2.45) is 5.92 Å². The van der Waals surface area contributed by atoms with Crippen LogP contribution in [0.3, 0.4) is 0 Å². The van der Waals surface area contributed by atoms with Gasteiger partial charge in [-0.25, -0.2) is 0 Å². The van der Waals surface area contributed by atoms with Crippen molar-refractivity contribution >= 4 is 38.9 Å². The first-order valence-electron chi connectivity index (χ1n) is 5.84. The van der Waals surface area contributed by atoms with Gasteiger partial charge in [-0.05, 0) is 40.8 Å². The average molecular weight is 323 g/mol. The van der Waals surface area contributed by atoms with Gasteiger partial charge in [-0.15, -0.1) is 11.3 Å². The molecule has 1 aliphatic carbocycles. The van der Waals surface area contributed by atoms with E-state index in [2.05, 4.69) is 34.2 Å². The fraction of sp³-hybridized carbons (Fsp3) is 0.667. The molecule has 0 amide bonds. The summed E-state index contributed by atoms with van der Waals surface area (Å²) < 4.78 is 1.88. The standard InChI is InChI=1S/C12H17BrClNS/c1-8-4-2-3-5-11(8)15-7-9-6-10(13)12(14)16-9/h6,8,11,15H,2-5,7H2,1H3. The molecule has 1 aromatic heterocycles. The topological polar surface area (TPSA) is 12.0 Å². The van der Waals surface area contributed by atoms with Crippen molar-refractivity contribution in [2.75, 3.05) is 0 Å². The van der Waals surface area contributed by atoms with E-state index in [4.69, 9.17) is 11.6 Å². The van der Waals surface area contributed by atoms with Crippen LogP contribution in [0.25, 0.3) is 0 Å². The first-order chi connectivity index (χ1) is 7.66. The summed E-state index contributed by atoms with van der Waals surface area (Å²) >= 11 is 11.1. The highest BCUT2D eigenvalue weighted by Gasteiger charge is 2.20. The van der Waals surface area contributed by atoms with Gasteiger partial charge in [0.1, 0.15) is 4.34 Å². The molecule has 4 heteroatoms. The van der Waals surface area contributed by atoms with Crippen molar-refractivity contribution in [2.45, 2.75) is 45.2 Å². The van der Waals surface area contributed by atoms with Crippen LogP contribution in [-0.4, -0.2) is 6.04 Å². The molecular weight excluding hydrogens is 306 g/mol. The molecular formula is C12H17BrClNS. The minimum absolute atomic E-state index is 0.688. The fourth-order valence-electron chi connectivity index (χ4n) is 2.33. The highest BCUT2D eigenvalue weighted by Crippen LogP contribution is 2.32. The normalized spacial score (nSPS) is 25.9. The quantitative estimate of drug-likeness (QED) is 0.840. The Labute approximate surface area is 115 Å². The van der Waals surface area contributed by atoms with E-state index in [-0.39, 0.29) is 0 Å². The second-order valence-corrected chi connectivity index (χ2v) is 7.18. The van der Waals surface area contributed by atoms with Gasteiger partial charge in [0.2, 0.25) is 0 Å². The van der Waals surface area contributed by atoms with Crippen LogP contribution in [0.2, 0.25) is 4.34 Å². The molecule has 0 radical (unpaired) electrons. The second-order valence-electron chi connectivity index (χ2n) is 4.58. The largest absolute Gasteiger partial charge is 0.309 e. The number of thiophene rings is 1. The van der Waals surface area contributed by atoms with E-state index < -0.39 is 0 Å². The molecule has 2 rings (SSSR count). The number of rotatable bonds is 3. The summed E-state index contributed by atoms with van der Waals surface area (Å²) in [5.74, 6) is 0.813. The van der Waals surface area contributed by atoms with Crippen molar-refractivity contribution in [3.63, 3.8) is 0 Å². The zero-order chi connectivity index (χ0) is 11.5. The summed E-state index contributed by atoms with van der Waals surface area (Å²) in [5.41, 5.74) is 0. The average Bonchev–Trinajstić information content (AvgIpc) is 2.57. The Hall–Kier alpha value is 0.430. The monoisotopic (exact) mass is 321 g/mol. The van der Waals surface area contributed by atoms with E-state index in [9.17, 15) is 0 Å². The van der Waals surface area contributed by atoms with Gasteiger partial charge in [0, 0.05) is 21.9 Å². The highest BCUT2D eigenvalue weighted by molar-refractivity contribution is 9.10. The van der Waals surface area contributed by atoms with E-state index in [0.29, 0.717) is 6.04 Å². The molecule has 90 valence electrons. The predicted octanol–water partition coefficient (Wildman–Crippen LogP) is 4.83. The molecule has 1 aromatic rings. The maximum Gasteiger partial charge on any atom is 0.107 e. The SMILES string of the molecule is CC1CCCCC1NCc1cc(Br)c(Cl)s1. The van der Waals surface area contributed by atoms with Gasteiger partial charge in [-0.1, -0.05) is 31.4 Å². The lowest BCUT2D eigenvalue weighted by Gasteiger charge is -2.29. The van der Waals surface area contributed by atoms with Crippen molar-refractivity contribution < 1.29 is 0 Å². The van der Waals surface area contributed by atoms with Crippen LogP contribution in [-0.2, 0) is 6.54 Å².